The van der Waals surface area contributed by atoms with E-state index >= 15 is 0 Å². The summed E-state index contributed by atoms with van der Waals surface area (Å²) in [6.07, 6.45) is 5.22. The van der Waals surface area contributed by atoms with Crippen LogP contribution in [0.3, 0.4) is 0 Å². The van der Waals surface area contributed by atoms with Gasteiger partial charge >= 0.3 is 0 Å². The van der Waals surface area contributed by atoms with E-state index < -0.39 is 0 Å². The number of carbonyl (C=O) groups excluding carboxylic acids is 1. The number of amides is 1. The molecule has 0 unspecified atom stereocenters. The van der Waals surface area contributed by atoms with Gasteiger partial charge in [0.15, 0.2) is 4.32 Å². The van der Waals surface area contributed by atoms with Gasteiger partial charge in [0.05, 0.1) is 17.2 Å². The Balaban J connectivity index is 1.85. The van der Waals surface area contributed by atoms with E-state index in [0.717, 1.165) is 17.0 Å². The van der Waals surface area contributed by atoms with Gasteiger partial charge in [-0.25, -0.2) is 0 Å². The van der Waals surface area contributed by atoms with Gasteiger partial charge in [-0.3, -0.25) is 14.7 Å². The fourth-order valence-electron chi connectivity index (χ4n) is 2.16. The molecule has 0 N–H and O–H groups in total. The SMILES string of the molecule is CCOc1ccc(N2C(=O)/C(=C/c3cccnc3)SC2=S)cc1. The lowest BCUT2D eigenvalue weighted by Gasteiger charge is -2.15. The van der Waals surface area contributed by atoms with Gasteiger partial charge in [0.25, 0.3) is 5.91 Å². The smallest absolute Gasteiger partial charge is 0.270 e. The molecule has 4 nitrogen and oxygen atoms in total. The summed E-state index contributed by atoms with van der Waals surface area (Å²) < 4.78 is 5.94. The van der Waals surface area contributed by atoms with Crippen molar-refractivity contribution in [3.8, 4) is 5.75 Å². The van der Waals surface area contributed by atoms with E-state index in [0.29, 0.717) is 15.8 Å². The molecular weight excluding hydrogens is 328 g/mol. The van der Waals surface area contributed by atoms with Gasteiger partial charge in [0, 0.05) is 12.4 Å². The molecule has 23 heavy (non-hydrogen) atoms. The highest BCUT2D eigenvalue weighted by molar-refractivity contribution is 8.27. The molecule has 2 heterocycles. The molecule has 6 heteroatoms. The number of nitrogens with zero attached hydrogens (tertiary/aromatic N) is 2. The van der Waals surface area contributed by atoms with Crippen molar-refractivity contribution < 1.29 is 9.53 Å². The molecule has 0 aliphatic carbocycles. The second-order valence-corrected chi connectivity index (χ2v) is 6.41. The minimum Gasteiger partial charge on any atom is -0.494 e. The summed E-state index contributed by atoms with van der Waals surface area (Å²) in [6.45, 7) is 2.54. The Morgan fingerprint density at radius 1 is 1.30 bits per heavy atom. The summed E-state index contributed by atoms with van der Waals surface area (Å²) in [5.74, 6) is 0.653. The predicted octanol–water partition coefficient (Wildman–Crippen LogP) is 3.89. The van der Waals surface area contributed by atoms with Crippen molar-refractivity contribution in [2.75, 3.05) is 11.5 Å². The third-order valence-electron chi connectivity index (χ3n) is 3.18. The molecule has 0 spiro atoms. The van der Waals surface area contributed by atoms with Crippen LogP contribution >= 0.6 is 24.0 Å². The largest absolute Gasteiger partial charge is 0.494 e. The lowest BCUT2D eigenvalue weighted by atomic mass is 10.2. The highest BCUT2D eigenvalue weighted by atomic mass is 32.2. The molecule has 3 rings (SSSR count). The monoisotopic (exact) mass is 342 g/mol. The van der Waals surface area contributed by atoms with Crippen LogP contribution in [0.25, 0.3) is 6.08 Å². The maximum Gasteiger partial charge on any atom is 0.270 e. The number of hydrogen-bond acceptors (Lipinski definition) is 5. The summed E-state index contributed by atoms with van der Waals surface area (Å²) >= 11 is 6.65. The second kappa shape index (κ2) is 6.93. The Morgan fingerprint density at radius 3 is 2.74 bits per heavy atom. The summed E-state index contributed by atoms with van der Waals surface area (Å²) in [6, 6.07) is 11.1. The molecular formula is C17H14N2O2S2. The molecule has 1 aromatic carbocycles. The van der Waals surface area contributed by atoms with Crippen molar-refractivity contribution in [1.82, 2.24) is 4.98 Å². The van der Waals surface area contributed by atoms with Gasteiger partial charge in [-0.15, -0.1) is 0 Å². The van der Waals surface area contributed by atoms with Crippen molar-refractivity contribution in [2.24, 2.45) is 0 Å². The van der Waals surface area contributed by atoms with Crippen LogP contribution in [-0.2, 0) is 4.79 Å². The Labute approximate surface area is 144 Å². The van der Waals surface area contributed by atoms with Crippen LogP contribution in [0, 0.1) is 0 Å². The van der Waals surface area contributed by atoms with E-state index in [2.05, 4.69) is 4.98 Å². The zero-order valence-electron chi connectivity index (χ0n) is 12.4. The summed E-state index contributed by atoms with van der Waals surface area (Å²) in [5.41, 5.74) is 1.62. The summed E-state index contributed by atoms with van der Waals surface area (Å²) in [5, 5.41) is 0. The molecule has 116 valence electrons. The maximum absolute atomic E-state index is 12.6. The van der Waals surface area contributed by atoms with Gasteiger partial charge in [0.1, 0.15) is 5.75 Å². The third-order valence-corrected chi connectivity index (χ3v) is 4.48. The fourth-order valence-corrected chi connectivity index (χ4v) is 3.46. The van der Waals surface area contributed by atoms with Crippen LogP contribution in [0.15, 0.2) is 53.7 Å². The Kier molecular flexibility index (Phi) is 4.73. The van der Waals surface area contributed by atoms with Crippen molar-refractivity contribution in [3.05, 3.63) is 59.3 Å². The van der Waals surface area contributed by atoms with Crippen LogP contribution in [0.5, 0.6) is 5.75 Å². The number of thioether (sulfide) groups is 1. The number of pyridine rings is 1. The minimum absolute atomic E-state index is 0.118. The highest BCUT2D eigenvalue weighted by Crippen LogP contribution is 2.36. The maximum atomic E-state index is 12.6. The standard InChI is InChI=1S/C17H14N2O2S2/c1-2-21-14-7-5-13(6-8-14)19-16(20)15(23-17(19)22)10-12-4-3-9-18-11-12/h3-11H,2H2,1H3/b15-10-. The molecule has 1 aromatic heterocycles. The first-order valence-electron chi connectivity index (χ1n) is 7.10. The van der Waals surface area contributed by atoms with Crippen LogP contribution in [0.4, 0.5) is 5.69 Å². The van der Waals surface area contributed by atoms with Crippen molar-refractivity contribution in [1.29, 1.82) is 0 Å². The van der Waals surface area contributed by atoms with Crippen LogP contribution < -0.4 is 9.64 Å². The van der Waals surface area contributed by atoms with Gasteiger partial charge < -0.3 is 4.74 Å². The Bertz CT molecular complexity index is 758. The van der Waals surface area contributed by atoms with Crippen LogP contribution in [-0.4, -0.2) is 21.8 Å². The quantitative estimate of drug-likeness (QED) is 0.623. The summed E-state index contributed by atoms with van der Waals surface area (Å²) in [4.78, 5) is 18.8. The molecule has 0 atom stereocenters. The molecule has 1 amide bonds. The number of carbonyl (C=O) groups is 1. The predicted molar refractivity (Wildman–Crippen MR) is 97.5 cm³/mol. The molecule has 2 aromatic rings. The number of ether oxygens (including phenoxy) is 1. The lowest BCUT2D eigenvalue weighted by molar-refractivity contribution is -0.113. The second-order valence-electron chi connectivity index (χ2n) is 4.73. The van der Waals surface area contributed by atoms with E-state index in [1.54, 1.807) is 18.5 Å². The number of aromatic nitrogens is 1. The van der Waals surface area contributed by atoms with Gasteiger partial charge in [-0.2, -0.15) is 0 Å². The summed E-state index contributed by atoms with van der Waals surface area (Å²) in [7, 11) is 0. The Hall–Kier alpha value is -2.18. The van der Waals surface area contributed by atoms with E-state index in [1.807, 2.05) is 43.3 Å². The average molecular weight is 342 g/mol. The lowest BCUT2D eigenvalue weighted by Crippen LogP contribution is -2.27. The Morgan fingerprint density at radius 2 is 2.09 bits per heavy atom. The van der Waals surface area contributed by atoms with E-state index in [9.17, 15) is 4.79 Å². The normalized spacial score (nSPS) is 16.2. The number of anilines is 1. The fraction of sp³-hybridized carbons (Fsp3) is 0.118. The van der Waals surface area contributed by atoms with Gasteiger partial charge in [-0.1, -0.05) is 30.0 Å². The zero-order valence-corrected chi connectivity index (χ0v) is 14.1. The van der Waals surface area contributed by atoms with Crippen molar-refractivity contribution in [2.45, 2.75) is 6.92 Å². The zero-order chi connectivity index (χ0) is 16.2. The number of thiocarbonyl (C=S) groups is 1. The number of hydrogen-bond donors (Lipinski definition) is 0. The van der Waals surface area contributed by atoms with Crippen LogP contribution in [0.2, 0.25) is 0 Å². The first kappa shape index (κ1) is 15.7. The highest BCUT2D eigenvalue weighted by Gasteiger charge is 2.33. The number of benzene rings is 1. The van der Waals surface area contributed by atoms with Gasteiger partial charge in [0.2, 0.25) is 0 Å². The molecule has 0 bridgehead atoms. The average Bonchev–Trinajstić information content (AvgIpc) is 2.84. The minimum atomic E-state index is -0.118. The molecule has 0 saturated carbocycles. The van der Waals surface area contributed by atoms with E-state index in [1.165, 1.54) is 16.7 Å². The van der Waals surface area contributed by atoms with E-state index in [-0.39, 0.29) is 5.91 Å². The molecule has 1 fully saturated rings. The number of rotatable bonds is 4. The first-order chi connectivity index (χ1) is 11.2. The van der Waals surface area contributed by atoms with Crippen molar-refractivity contribution in [3.63, 3.8) is 0 Å². The molecule has 0 radical (unpaired) electrons. The molecule has 1 aliphatic heterocycles. The third kappa shape index (κ3) is 3.43. The van der Waals surface area contributed by atoms with Gasteiger partial charge in [-0.05, 0) is 48.9 Å². The van der Waals surface area contributed by atoms with Crippen LogP contribution in [0.1, 0.15) is 12.5 Å². The topological polar surface area (TPSA) is 42.4 Å². The molecule has 1 saturated heterocycles. The first-order valence-corrected chi connectivity index (χ1v) is 8.32. The van der Waals surface area contributed by atoms with Crippen molar-refractivity contribution >= 4 is 46.0 Å². The van der Waals surface area contributed by atoms with E-state index in [4.69, 9.17) is 17.0 Å². The molecule has 1 aliphatic rings.